The minimum Gasteiger partial charge on any atom is -0.313 e. The van der Waals surface area contributed by atoms with E-state index in [1.54, 1.807) is 6.08 Å². The smallest absolute Gasteiger partial charge is 0.252 e. The number of benzene rings is 1. The molecule has 3 rings (SSSR count). The zero-order valence-corrected chi connectivity index (χ0v) is 18.2. The highest BCUT2D eigenvalue weighted by molar-refractivity contribution is 7.88. The summed E-state index contributed by atoms with van der Waals surface area (Å²) < 4.78 is 28.1. The van der Waals surface area contributed by atoms with Crippen LogP contribution in [0.5, 0.6) is 0 Å². The number of nitrogens with zero attached hydrogens (tertiary/aromatic N) is 3. The lowest BCUT2D eigenvalue weighted by molar-refractivity contribution is -0.122. The van der Waals surface area contributed by atoms with Gasteiger partial charge in [0.1, 0.15) is 0 Å². The van der Waals surface area contributed by atoms with Crippen molar-refractivity contribution in [3.8, 4) is 0 Å². The van der Waals surface area contributed by atoms with Crippen molar-refractivity contribution in [1.82, 2.24) is 8.87 Å². The molecule has 152 valence electrons. The third kappa shape index (κ3) is 4.45. The average Bonchev–Trinajstić information content (AvgIpc) is 2.98. The molecule has 1 saturated heterocycles. The van der Waals surface area contributed by atoms with Crippen LogP contribution in [-0.2, 0) is 21.4 Å². The zero-order chi connectivity index (χ0) is 20.5. The highest BCUT2D eigenvalue weighted by Gasteiger charge is 2.30. The Morgan fingerprint density at radius 3 is 2.82 bits per heavy atom. The van der Waals surface area contributed by atoms with Crippen LogP contribution in [0, 0.1) is 5.92 Å². The number of piperidine rings is 1. The van der Waals surface area contributed by atoms with Gasteiger partial charge in [0.05, 0.1) is 22.4 Å². The lowest BCUT2D eigenvalue weighted by Crippen LogP contribution is -2.41. The van der Waals surface area contributed by atoms with Gasteiger partial charge in [0, 0.05) is 19.6 Å². The number of aromatic nitrogens is 1. The highest BCUT2D eigenvalue weighted by Crippen LogP contribution is 2.24. The van der Waals surface area contributed by atoms with E-state index in [1.165, 1.54) is 27.5 Å². The van der Waals surface area contributed by atoms with Crippen molar-refractivity contribution < 1.29 is 13.2 Å². The van der Waals surface area contributed by atoms with Gasteiger partial charge in [-0.3, -0.25) is 4.79 Å². The molecule has 2 aromatic rings. The van der Waals surface area contributed by atoms with Crippen molar-refractivity contribution in [2.45, 2.75) is 39.2 Å². The fraction of sp³-hybridized carbons (Fsp3) is 0.500. The number of sulfonamides is 1. The van der Waals surface area contributed by atoms with Crippen LogP contribution in [0.2, 0.25) is 0 Å². The fourth-order valence-electron chi connectivity index (χ4n) is 3.47. The third-order valence-electron chi connectivity index (χ3n) is 5.09. The van der Waals surface area contributed by atoms with Crippen LogP contribution in [0.3, 0.4) is 0 Å². The Morgan fingerprint density at radius 1 is 1.43 bits per heavy atom. The molecule has 2 heterocycles. The topological polar surface area (TPSA) is 71.7 Å². The van der Waals surface area contributed by atoms with Gasteiger partial charge in [0.2, 0.25) is 10.0 Å². The number of hydrogen-bond acceptors (Lipinski definition) is 4. The summed E-state index contributed by atoms with van der Waals surface area (Å²) in [4.78, 5) is 17.9. The summed E-state index contributed by atoms with van der Waals surface area (Å²) in [6.07, 6.45) is 4.32. The maximum absolute atomic E-state index is 12.8. The summed E-state index contributed by atoms with van der Waals surface area (Å²) in [6.45, 7) is 9.37. The molecule has 1 fully saturated rings. The van der Waals surface area contributed by atoms with Crippen LogP contribution in [0.15, 0.2) is 35.8 Å². The van der Waals surface area contributed by atoms with Crippen molar-refractivity contribution in [2.24, 2.45) is 10.9 Å². The first-order valence-corrected chi connectivity index (χ1v) is 12.1. The number of thiazole rings is 1. The first-order chi connectivity index (χ1) is 13.2. The molecule has 1 amide bonds. The first-order valence-electron chi connectivity index (χ1n) is 9.48. The molecule has 1 aliphatic rings. The quantitative estimate of drug-likeness (QED) is 0.697. The molecule has 0 saturated carbocycles. The lowest BCUT2D eigenvalue weighted by atomic mass is 9.99. The van der Waals surface area contributed by atoms with E-state index in [9.17, 15) is 13.2 Å². The van der Waals surface area contributed by atoms with E-state index in [2.05, 4.69) is 43.6 Å². The predicted molar refractivity (Wildman–Crippen MR) is 114 cm³/mol. The van der Waals surface area contributed by atoms with Crippen LogP contribution in [0.1, 0.15) is 38.2 Å². The Morgan fingerprint density at radius 2 is 2.18 bits per heavy atom. The standard InChI is InChI=1S/C20H27N3O3S2/c1-5-10-23-17-9-8-15(14(2)3)12-18(17)27-20(23)21-19(24)16-7-6-11-22(13-16)28(4,25)26/h5,8-9,12,14,16H,1,6-7,10-11,13H2,2-4H3. The minimum absolute atomic E-state index is 0.213. The van der Waals surface area contributed by atoms with Crippen molar-refractivity contribution in [1.29, 1.82) is 0 Å². The normalized spacial score (nSPS) is 19.4. The fourth-order valence-corrected chi connectivity index (χ4v) is 5.48. The number of rotatable bonds is 5. The van der Waals surface area contributed by atoms with Crippen LogP contribution >= 0.6 is 11.3 Å². The third-order valence-corrected chi connectivity index (χ3v) is 7.40. The van der Waals surface area contributed by atoms with E-state index in [0.717, 1.165) is 10.2 Å². The van der Waals surface area contributed by atoms with E-state index >= 15 is 0 Å². The average molecular weight is 422 g/mol. The van der Waals surface area contributed by atoms with Gasteiger partial charge in [-0.15, -0.1) is 6.58 Å². The number of carbonyl (C=O) groups is 1. The summed E-state index contributed by atoms with van der Waals surface area (Å²) in [5.41, 5.74) is 2.27. The molecule has 0 radical (unpaired) electrons. The Labute approximate surface area is 170 Å². The Balaban J connectivity index is 1.99. The molecule has 1 aromatic carbocycles. The number of hydrogen-bond donors (Lipinski definition) is 0. The van der Waals surface area contributed by atoms with Crippen molar-refractivity contribution in [3.05, 3.63) is 41.2 Å². The van der Waals surface area contributed by atoms with Crippen molar-refractivity contribution in [2.75, 3.05) is 19.3 Å². The van der Waals surface area contributed by atoms with E-state index in [0.29, 0.717) is 36.7 Å². The number of allylic oxidation sites excluding steroid dienone is 1. The lowest BCUT2D eigenvalue weighted by Gasteiger charge is -2.28. The van der Waals surface area contributed by atoms with Crippen molar-refractivity contribution in [3.63, 3.8) is 0 Å². The molecule has 28 heavy (non-hydrogen) atoms. The molecule has 0 spiro atoms. The zero-order valence-electron chi connectivity index (χ0n) is 16.6. The second kappa shape index (κ2) is 8.31. The minimum atomic E-state index is -3.29. The number of fused-ring (bicyclic) bond motifs is 1. The van der Waals surface area contributed by atoms with Gasteiger partial charge in [-0.2, -0.15) is 4.99 Å². The SMILES string of the molecule is C=CCn1c(=NC(=O)C2CCCN(S(C)(=O)=O)C2)sc2cc(C(C)C)ccc21. The second-order valence-corrected chi connectivity index (χ2v) is 10.6. The Hall–Kier alpha value is -1.77. The molecule has 0 N–H and O–H groups in total. The molecule has 8 heteroatoms. The highest BCUT2D eigenvalue weighted by atomic mass is 32.2. The molecule has 0 aliphatic carbocycles. The van der Waals surface area contributed by atoms with E-state index in [1.807, 2.05) is 4.57 Å². The summed E-state index contributed by atoms with van der Waals surface area (Å²) in [5, 5.41) is 0. The van der Waals surface area contributed by atoms with Gasteiger partial charge in [-0.1, -0.05) is 37.3 Å². The monoisotopic (exact) mass is 421 g/mol. The maximum atomic E-state index is 12.8. The van der Waals surface area contributed by atoms with Gasteiger partial charge in [-0.25, -0.2) is 12.7 Å². The van der Waals surface area contributed by atoms with Crippen LogP contribution in [0.25, 0.3) is 10.2 Å². The van der Waals surface area contributed by atoms with Gasteiger partial charge in [0.15, 0.2) is 4.80 Å². The van der Waals surface area contributed by atoms with Crippen LogP contribution in [0.4, 0.5) is 0 Å². The summed E-state index contributed by atoms with van der Waals surface area (Å²) in [6, 6.07) is 6.33. The second-order valence-electron chi connectivity index (χ2n) is 7.58. The molecular formula is C20H27N3O3S2. The Bertz CT molecular complexity index is 1060. The maximum Gasteiger partial charge on any atom is 0.252 e. The van der Waals surface area contributed by atoms with E-state index in [-0.39, 0.29) is 12.5 Å². The van der Waals surface area contributed by atoms with Crippen LogP contribution in [-0.4, -0.2) is 42.5 Å². The van der Waals surface area contributed by atoms with Gasteiger partial charge >= 0.3 is 0 Å². The summed E-state index contributed by atoms with van der Waals surface area (Å²) >= 11 is 1.49. The Kier molecular flexibility index (Phi) is 6.21. The summed E-state index contributed by atoms with van der Waals surface area (Å²) in [7, 11) is -3.29. The molecule has 1 atom stereocenters. The van der Waals surface area contributed by atoms with Gasteiger partial charge < -0.3 is 4.57 Å². The molecular weight excluding hydrogens is 394 g/mol. The van der Waals surface area contributed by atoms with Gasteiger partial charge in [-0.05, 0) is 36.5 Å². The largest absolute Gasteiger partial charge is 0.313 e. The van der Waals surface area contributed by atoms with E-state index in [4.69, 9.17) is 0 Å². The molecule has 1 aromatic heterocycles. The molecule has 1 aliphatic heterocycles. The number of carbonyl (C=O) groups excluding carboxylic acids is 1. The number of amides is 1. The molecule has 0 bridgehead atoms. The van der Waals surface area contributed by atoms with Crippen molar-refractivity contribution >= 4 is 37.5 Å². The van der Waals surface area contributed by atoms with Crippen LogP contribution < -0.4 is 4.80 Å². The molecule has 1 unspecified atom stereocenters. The van der Waals surface area contributed by atoms with E-state index < -0.39 is 15.9 Å². The predicted octanol–water partition coefficient (Wildman–Crippen LogP) is 3.11. The molecule has 6 nitrogen and oxygen atoms in total. The first kappa shape index (κ1) is 21.0. The van der Waals surface area contributed by atoms with Gasteiger partial charge in [0.25, 0.3) is 5.91 Å². The summed E-state index contributed by atoms with van der Waals surface area (Å²) in [5.74, 6) is -0.218.